The molecule has 0 radical (unpaired) electrons. The first-order chi connectivity index (χ1) is 33.1. The first kappa shape index (κ1) is 54.6. The van der Waals surface area contributed by atoms with E-state index in [-0.39, 0.29) is 0 Å². The lowest BCUT2D eigenvalue weighted by atomic mass is 9.46. The van der Waals surface area contributed by atoms with Gasteiger partial charge in [0, 0.05) is 13.2 Å². The van der Waals surface area contributed by atoms with Crippen molar-refractivity contribution in [1.29, 1.82) is 0 Å². The van der Waals surface area contributed by atoms with Crippen molar-refractivity contribution in [2.45, 2.75) is 274 Å². The van der Waals surface area contributed by atoms with Crippen LogP contribution in [0.15, 0.2) is 23.3 Å². The fourth-order valence-corrected chi connectivity index (χ4v) is 20.4. The molecule has 0 aliphatic heterocycles. The monoisotopic (exact) mass is 955 g/mol. The van der Waals surface area contributed by atoms with Gasteiger partial charge >= 0.3 is 0 Å². The van der Waals surface area contributed by atoms with Gasteiger partial charge in [-0.3, -0.25) is 0 Å². The molecule has 3 nitrogen and oxygen atoms in total. The van der Waals surface area contributed by atoms with Crippen molar-refractivity contribution in [2.75, 3.05) is 13.2 Å². The summed E-state index contributed by atoms with van der Waals surface area (Å²) in [5.41, 5.74) is 5.49. The van der Waals surface area contributed by atoms with E-state index in [1.807, 2.05) is 11.1 Å². The first-order valence-corrected chi connectivity index (χ1v) is 31.3. The number of rotatable bonds is 24. The van der Waals surface area contributed by atoms with Crippen LogP contribution in [0.5, 0.6) is 0 Å². The second kappa shape index (κ2) is 23.5. The summed E-state index contributed by atoms with van der Waals surface area (Å²) >= 11 is 0. The van der Waals surface area contributed by atoms with Crippen LogP contribution in [0.2, 0.25) is 0 Å². The van der Waals surface area contributed by atoms with Gasteiger partial charge in [-0.25, -0.2) is 0 Å². The molecule has 8 aliphatic carbocycles. The summed E-state index contributed by atoms with van der Waals surface area (Å²) in [4.78, 5) is 0. The van der Waals surface area contributed by atoms with E-state index in [4.69, 9.17) is 4.74 Å². The lowest BCUT2D eigenvalue weighted by Crippen LogP contribution is -2.51. The molecule has 8 unspecified atom stereocenters. The molecular formula is C66H114O3. The molecule has 6 fully saturated rings. The van der Waals surface area contributed by atoms with Crippen LogP contribution in [0.4, 0.5) is 0 Å². The Hall–Kier alpha value is -0.640. The number of hydrogen-bond donors (Lipinski definition) is 2. The summed E-state index contributed by atoms with van der Waals surface area (Å²) in [5.74, 6) is 11.8. The molecule has 396 valence electrons. The fraction of sp³-hybridized carbons (Fsp3) is 0.939. The van der Waals surface area contributed by atoms with Crippen LogP contribution < -0.4 is 0 Å². The summed E-state index contributed by atoms with van der Waals surface area (Å²) in [6, 6.07) is 0. The highest BCUT2D eigenvalue weighted by molar-refractivity contribution is 5.27. The molecule has 3 heteroatoms. The van der Waals surface area contributed by atoms with Gasteiger partial charge in [-0.05, 0) is 233 Å². The van der Waals surface area contributed by atoms with E-state index in [0.717, 1.165) is 110 Å². The van der Waals surface area contributed by atoms with E-state index in [2.05, 4.69) is 81.4 Å². The van der Waals surface area contributed by atoms with Gasteiger partial charge < -0.3 is 14.9 Å². The zero-order valence-corrected chi connectivity index (χ0v) is 47.3. The van der Waals surface area contributed by atoms with E-state index in [1.165, 1.54) is 154 Å². The van der Waals surface area contributed by atoms with Crippen LogP contribution in [-0.2, 0) is 4.74 Å². The van der Waals surface area contributed by atoms with Gasteiger partial charge in [-0.15, -0.1) is 0 Å². The third-order valence-electron chi connectivity index (χ3n) is 24.4. The predicted octanol–water partition coefficient (Wildman–Crippen LogP) is 18.2. The number of aliphatic hydroxyl groups excluding tert-OH is 2. The molecule has 18 atom stereocenters. The maximum Gasteiger partial charge on any atom is 0.0610 e. The van der Waals surface area contributed by atoms with E-state index in [0.29, 0.717) is 58.9 Å². The minimum absolute atomic E-state index is 0.310. The van der Waals surface area contributed by atoms with Crippen molar-refractivity contribution >= 4 is 0 Å². The van der Waals surface area contributed by atoms with Gasteiger partial charge in [-0.1, -0.05) is 157 Å². The van der Waals surface area contributed by atoms with Crippen LogP contribution >= 0.6 is 0 Å². The standard InChI is InChI=1S/C66H114O3/c1-45(2)19-17-21-47(5)55-29-31-57-53-27-25-51-43-49(33-37-63(51,7)59(53)35-39-65(55,57)9)61(23-13-11-15-41-67)69-62(24-14-12-16-42-68)50-34-38-64(8)52(44-50)26-28-54-58-32-30-56(48(6)22-18-20-46(3)4)66(58,10)40-36-60(54)64/h25-26,45-50,53-62,67-68H,11-24,27-44H2,1-10H3/t47-,48-,49+,50+,53?,54?,55-,56-,57?,58?,59?,60?,61?,62?,63+,64+,65-,66-/m1/s1. The molecule has 6 saturated carbocycles. The third kappa shape index (κ3) is 11.3. The lowest BCUT2D eigenvalue weighted by Gasteiger charge is -2.59. The predicted molar refractivity (Wildman–Crippen MR) is 293 cm³/mol. The fourth-order valence-electron chi connectivity index (χ4n) is 20.4. The van der Waals surface area contributed by atoms with Gasteiger partial charge in [0.05, 0.1) is 12.2 Å². The Labute approximate surface area is 428 Å². The SMILES string of the molecule is CC(C)CCC[C@@H](C)[C@H]1CCC2C3CC=C4C[C@@H](C(CCCCCO)OC(CCCCCO)[C@H]5CC[C@@]6(C)C(=CCC7C6CC[C@@]6(C)C7CC[C@@H]6[C@H](C)CCCC(C)C)C5)CC[C@]4(C)C3CC[C@@]21C. The minimum Gasteiger partial charge on any atom is -0.396 e. The van der Waals surface area contributed by atoms with Crippen LogP contribution in [0, 0.1) is 105 Å². The number of unbranched alkanes of at least 4 members (excludes halogenated alkanes) is 4. The Morgan fingerprint density at radius 2 is 0.884 bits per heavy atom. The topological polar surface area (TPSA) is 49.7 Å². The second-order valence-electron chi connectivity index (χ2n) is 28.9. The van der Waals surface area contributed by atoms with Crippen molar-refractivity contribution in [3.8, 4) is 0 Å². The lowest BCUT2D eigenvalue weighted by molar-refractivity contribution is -0.104. The van der Waals surface area contributed by atoms with Gasteiger partial charge in [0.2, 0.25) is 0 Å². The molecule has 69 heavy (non-hydrogen) atoms. The van der Waals surface area contributed by atoms with Crippen molar-refractivity contribution < 1.29 is 14.9 Å². The summed E-state index contributed by atoms with van der Waals surface area (Å²) in [6.07, 6.45) is 45.9. The number of ether oxygens (including phenoxy) is 1. The minimum atomic E-state index is 0.310. The Kier molecular flexibility index (Phi) is 18.6. The van der Waals surface area contributed by atoms with Crippen LogP contribution in [-0.4, -0.2) is 35.6 Å². The second-order valence-corrected chi connectivity index (χ2v) is 28.9. The Morgan fingerprint density at radius 1 is 0.464 bits per heavy atom. The van der Waals surface area contributed by atoms with E-state index in [9.17, 15) is 10.2 Å². The maximum absolute atomic E-state index is 9.82. The molecule has 2 N–H and O–H groups in total. The molecule has 0 spiro atoms. The number of hydrogen-bond acceptors (Lipinski definition) is 3. The van der Waals surface area contributed by atoms with Crippen LogP contribution in [0.3, 0.4) is 0 Å². The van der Waals surface area contributed by atoms with Crippen molar-refractivity contribution in [1.82, 2.24) is 0 Å². The van der Waals surface area contributed by atoms with Gasteiger partial charge in [-0.2, -0.15) is 0 Å². The molecule has 0 heterocycles. The molecule has 8 aliphatic rings. The third-order valence-corrected chi connectivity index (χ3v) is 24.4. The quantitative estimate of drug-likeness (QED) is 0.0749. The summed E-state index contributed by atoms with van der Waals surface area (Å²) < 4.78 is 7.84. The summed E-state index contributed by atoms with van der Waals surface area (Å²) in [7, 11) is 0. The Balaban J connectivity index is 0.953. The average Bonchev–Trinajstić information content (AvgIpc) is 3.87. The van der Waals surface area contributed by atoms with E-state index >= 15 is 0 Å². The maximum atomic E-state index is 9.82. The highest BCUT2D eigenvalue weighted by atomic mass is 16.5. The zero-order valence-electron chi connectivity index (χ0n) is 47.3. The normalized spacial score (nSPS) is 41.2. The smallest absolute Gasteiger partial charge is 0.0610 e. The number of fused-ring (bicyclic) bond motifs is 10. The van der Waals surface area contributed by atoms with Crippen molar-refractivity contribution in [2.24, 2.45) is 105 Å². The van der Waals surface area contributed by atoms with E-state index in [1.54, 1.807) is 0 Å². The van der Waals surface area contributed by atoms with Crippen molar-refractivity contribution in [3.05, 3.63) is 23.3 Å². The molecule has 8 rings (SSSR count). The summed E-state index contributed by atoms with van der Waals surface area (Å²) in [6.45, 7) is 26.5. The number of aliphatic hydroxyl groups is 2. The molecular weight excluding hydrogens is 841 g/mol. The molecule has 0 aromatic rings. The summed E-state index contributed by atoms with van der Waals surface area (Å²) in [5, 5.41) is 19.6. The number of allylic oxidation sites excluding steroid dienone is 4. The van der Waals surface area contributed by atoms with Crippen molar-refractivity contribution in [3.63, 3.8) is 0 Å². The van der Waals surface area contributed by atoms with Gasteiger partial charge in [0.15, 0.2) is 0 Å². The van der Waals surface area contributed by atoms with E-state index < -0.39 is 0 Å². The van der Waals surface area contributed by atoms with Gasteiger partial charge in [0.1, 0.15) is 0 Å². The molecule has 0 saturated heterocycles. The molecule has 0 aromatic carbocycles. The highest BCUT2D eigenvalue weighted by Crippen LogP contribution is 2.70. The Bertz CT molecular complexity index is 1560. The molecule has 0 amide bonds. The van der Waals surface area contributed by atoms with Crippen LogP contribution in [0.25, 0.3) is 0 Å². The van der Waals surface area contributed by atoms with Gasteiger partial charge in [0.25, 0.3) is 0 Å². The first-order valence-electron chi connectivity index (χ1n) is 31.3. The van der Waals surface area contributed by atoms with Crippen LogP contribution in [0.1, 0.15) is 262 Å². The highest BCUT2D eigenvalue weighted by Gasteiger charge is 2.61. The average molecular weight is 956 g/mol. The molecule has 0 aromatic heterocycles. The largest absolute Gasteiger partial charge is 0.396 e. The molecule has 0 bridgehead atoms. The Morgan fingerprint density at radius 3 is 1.28 bits per heavy atom. The zero-order chi connectivity index (χ0) is 49.1.